The molecule has 1 atom stereocenters. The van der Waals surface area contributed by atoms with Crippen LogP contribution in [-0.4, -0.2) is 43.5 Å². The molecule has 1 aliphatic rings. The number of hydrogen-bond donors (Lipinski definition) is 1. The van der Waals surface area contributed by atoms with Crippen LogP contribution < -0.4 is 5.76 Å². The zero-order valence-corrected chi connectivity index (χ0v) is 14.2. The Morgan fingerprint density at radius 1 is 1.40 bits per heavy atom. The third kappa shape index (κ3) is 2.54. The fraction of sp³-hybridized carbons (Fsp3) is 0.412. The molecule has 0 radical (unpaired) electrons. The van der Waals surface area contributed by atoms with Gasteiger partial charge in [0.2, 0.25) is 5.89 Å². The maximum absolute atomic E-state index is 13.2. The lowest BCUT2D eigenvalue weighted by atomic mass is 9.97. The van der Waals surface area contributed by atoms with Crippen LogP contribution in [0.15, 0.2) is 27.8 Å². The Bertz CT molecular complexity index is 960. The molecule has 0 aromatic carbocycles. The monoisotopic (exact) mass is 341 g/mol. The van der Waals surface area contributed by atoms with E-state index in [-0.39, 0.29) is 11.8 Å². The van der Waals surface area contributed by atoms with E-state index in [4.69, 9.17) is 4.42 Å². The van der Waals surface area contributed by atoms with E-state index < -0.39 is 5.76 Å². The van der Waals surface area contributed by atoms with Crippen LogP contribution in [0.5, 0.6) is 0 Å². The molecule has 4 rings (SSSR count). The third-order valence-electron chi connectivity index (χ3n) is 4.97. The Morgan fingerprint density at radius 2 is 2.24 bits per heavy atom. The van der Waals surface area contributed by atoms with E-state index in [1.165, 1.54) is 0 Å². The van der Waals surface area contributed by atoms with Crippen LogP contribution in [0.25, 0.3) is 5.52 Å². The number of hydrogen-bond acceptors (Lipinski definition) is 5. The predicted octanol–water partition coefficient (Wildman–Crippen LogP) is 1.65. The van der Waals surface area contributed by atoms with Gasteiger partial charge in [0.1, 0.15) is 0 Å². The lowest BCUT2D eigenvalue weighted by molar-refractivity contribution is 0.0696. The summed E-state index contributed by atoms with van der Waals surface area (Å²) in [5.74, 6) is -0.240. The molecular weight excluding hydrogens is 322 g/mol. The lowest BCUT2D eigenvalue weighted by Gasteiger charge is -2.31. The van der Waals surface area contributed by atoms with Crippen LogP contribution >= 0.6 is 0 Å². The molecule has 0 bridgehead atoms. The van der Waals surface area contributed by atoms with E-state index in [1.54, 1.807) is 12.4 Å². The van der Waals surface area contributed by atoms with Gasteiger partial charge in [-0.3, -0.25) is 9.78 Å². The van der Waals surface area contributed by atoms with Gasteiger partial charge in [-0.15, -0.1) is 5.10 Å². The highest BCUT2D eigenvalue weighted by atomic mass is 16.4. The number of nitrogens with zero attached hydrogens (tertiary/aromatic N) is 4. The Hall–Kier alpha value is -2.90. The van der Waals surface area contributed by atoms with Crippen LogP contribution in [0.1, 0.15) is 46.3 Å². The van der Waals surface area contributed by atoms with Crippen molar-refractivity contribution in [2.75, 3.05) is 13.1 Å². The molecule has 8 heteroatoms. The van der Waals surface area contributed by atoms with Crippen LogP contribution in [0.4, 0.5) is 0 Å². The molecule has 8 nitrogen and oxygen atoms in total. The summed E-state index contributed by atoms with van der Waals surface area (Å²) in [4.78, 5) is 30.3. The average Bonchev–Trinajstić information content (AvgIpc) is 3.17. The van der Waals surface area contributed by atoms with E-state index in [2.05, 4.69) is 15.2 Å². The van der Waals surface area contributed by atoms with Gasteiger partial charge in [0.15, 0.2) is 0 Å². The fourth-order valence-electron chi connectivity index (χ4n) is 3.70. The largest absolute Gasteiger partial charge is 0.434 e. The summed E-state index contributed by atoms with van der Waals surface area (Å²) >= 11 is 0. The van der Waals surface area contributed by atoms with Crippen LogP contribution in [-0.2, 0) is 0 Å². The number of amides is 1. The number of carbonyl (C=O) groups is 1. The molecule has 130 valence electrons. The van der Waals surface area contributed by atoms with Crippen molar-refractivity contribution >= 4 is 11.4 Å². The molecular formula is C17H19N5O3. The van der Waals surface area contributed by atoms with Gasteiger partial charge in [-0.2, -0.15) is 0 Å². The molecule has 0 saturated carbocycles. The number of aryl methyl sites for hydroxylation is 2. The normalized spacial score (nSPS) is 18.0. The quantitative estimate of drug-likeness (QED) is 0.764. The van der Waals surface area contributed by atoms with E-state index in [0.29, 0.717) is 19.0 Å². The number of H-pyrrole nitrogens is 1. The van der Waals surface area contributed by atoms with Gasteiger partial charge < -0.3 is 13.7 Å². The minimum atomic E-state index is -0.559. The van der Waals surface area contributed by atoms with Crippen molar-refractivity contribution in [1.82, 2.24) is 24.5 Å². The molecule has 1 unspecified atom stereocenters. The van der Waals surface area contributed by atoms with Gasteiger partial charge in [-0.25, -0.2) is 9.89 Å². The third-order valence-corrected chi connectivity index (χ3v) is 4.97. The summed E-state index contributed by atoms with van der Waals surface area (Å²) in [5.41, 5.74) is 3.50. The Labute approximate surface area is 143 Å². The van der Waals surface area contributed by atoms with Crippen molar-refractivity contribution in [3.8, 4) is 0 Å². The molecule has 1 amide bonds. The van der Waals surface area contributed by atoms with Crippen LogP contribution in [0, 0.1) is 13.8 Å². The Balaban J connectivity index is 1.66. The molecule has 4 heterocycles. The standard InChI is InChI=1S/C17H19N5O3/c1-10-13-8-18-5-7-22(13)11(2)14(10)16(23)21-6-3-4-12(9-21)15-19-20-17(24)25-15/h5,7-8,12H,3-4,6,9H2,1-2H3,(H,20,24). The van der Waals surface area contributed by atoms with Gasteiger partial charge >= 0.3 is 5.76 Å². The highest BCUT2D eigenvalue weighted by Crippen LogP contribution is 2.28. The minimum absolute atomic E-state index is 0.00119. The Morgan fingerprint density at radius 3 is 2.96 bits per heavy atom. The second kappa shape index (κ2) is 5.87. The molecule has 1 aliphatic heterocycles. The van der Waals surface area contributed by atoms with E-state index in [9.17, 15) is 9.59 Å². The van der Waals surface area contributed by atoms with Crippen molar-refractivity contribution in [3.63, 3.8) is 0 Å². The minimum Gasteiger partial charge on any atom is -0.392 e. The number of fused-ring (bicyclic) bond motifs is 1. The number of nitrogens with one attached hydrogen (secondary N) is 1. The van der Waals surface area contributed by atoms with Crippen molar-refractivity contribution in [3.05, 3.63) is 51.9 Å². The van der Waals surface area contributed by atoms with Gasteiger partial charge in [0.25, 0.3) is 5.91 Å². The number of rotatable bonds is 2. The van der Waals surface area contributed by atoms with Gasteiger partial charge in [-0.05, 0) is 32.3 Å². The first-order valence-electron chi connectivity index (χ1n) is 8.32. The first kappa shape index (κ1) is 15.6. The first-order chi connectivity index (χ1) is 12.1. The molecule has 0 aliphatic carbocycles. The molecule has 1 N–H and O–H groups in total. The molecule has 0 spiro atoms. The zero-order chi connectivity index (χ0) is 17.6. The predicted molar refractivity (Wildman–Crippen MR) is 89.7 cm³/mol. The summed E-state index contributed by atoms with van der Waals surface area (Å²) in [7, 11) is 0. The topological polar surface area (TPSA) is 96.5 Å². The van der Waals surface area contributed by atoms with Crippen molar-refractivity contribution in [2.45, 2.75) is 32.6 Å². The smallest absolute Gasteiger partial charge is 0.392 e. The molecule has 25 heavy (non-hydrogen) atoms. The zero-order valence-electron chi connectivity index (χ0n) is 14.2. The van der Waals surface area contributed by atoms with E-state index in [0.717, 1.165) is 35.2 Å². The van der Waals surface area contributed by atoms with Crippen LogP contribution in [0.2, 0.25) is 0 Å². The van der Waals surface area contributed by atoms with Crippen molar-refractivity contribution < 1.29 is 9.21 Å². The highest BCUT2D eigenvalue weighted by Gasteiger charge is 2.31. The van der Waals surface area contributed by atoms with Gasteiger partial charge in [0.05, 0.1) is 23.2 Å². The second-order valence-electron chi connectivity index (χ2n) is 6.46. The van der Waals surface area contributed by atoms with Crippen LogP contribution in [0.3, 0.4) is 0 Å². The molecule has 3 aromatic heterocycles. The number of piperidine rings is 1. The van der Waals surface area contributed by atoms with E-state index in [1.807, 2.05) is 29.3 Å². The van der Waals surface area contributed by atoms with Gasteiger partial charge in [0, 0.05) is 31.2 Å². The Kier molecular flexibility index (Phi) is 3.67. The maximum Gasteiger partial charge on any atom is 0.434 e. The fourth-order valence-corrected chi connectivity index (χ4v) is 3.70. The lowest BCUT2D eigenvalue weighted by Crippen LogP contribution is -2.39. The SMILES string of the molecule is Cc1c(C(=O)N2CCCC(c3n[nH]c(=O)o3)C2)c(C)n2ccncc12. The molecule has 1 saturated heterocycles. The number of aromatic nitrogens is 4. The second-order valence-corrected chi connectivity index (χ2v) is 6.46. The summed E-state index contributed by atoms with van der Waals surface area (Å²) < 4.78 is 7.07. The van der Waals surface area contributed by atoms with Crippen molar-refractivity contribution in [1.29, 1.82) is 0 Å². The maximum atomic E-state index is 13.2. The summed E-state index contributed by atoms with van der Waals surface area (Å²) in [6, 6.07) is 0. The summed E-state index contributed by atoms with van der Waals surface area (Å²) in [5, 5.41) is 6.21. The molecule has 3 aromatic rings. The number of likely N-dealkylation sites (tertiary alicyclic amines) is 1. The average molecular weight is 341 g/mol. The van der Waals surface area contributed by atoms with Gasteiger partial charge in [-0.1, -0.05) is 0 Å². The molecule has 1 fully saturated rings. The highest BCUT2D eigenvalue weighted by molar-refractivity contribution is 5.99. The summed E-state index contributed by atoms with van der Waals surface area (Å²) in [6.45, 7) is 5.08. The summed E-state index contributed by atoms with van der Waals surface area (Å²) in [6.07, 6.45) is 7.05. The first-order valence-corrected chi connectivity index (χ1v) is 8.32. The van der Waals surface area contributed by atoms with Crippen molar-refractivity contribution in [2.24, 2.45) is 0 Å². The number of carbonyl (C=O) groups excluding carboxylic acids is 1. The van der Waals surface area contributed by atoms with E-state index >= 15 is 0 Å². The number of aromatic amines is 1.